The number of amides is 1. The van der Waals surface area contributed by atoms with Crippen LogP contribution in [0.3, 0.4) is 0 Å². The molecule has 0 spiro atoms. The van der Waals surface area contributed by atoms with Crippen molar-refractivity contribution in [1.29, 1.82) is 0 Å². The Labute approximate surface area is 203 Å². The maximum Gasteiger partial charge on any atom is 0.278 e. The van der Waals surface area contributed by atoms with E-state index < -0.39 is 6.01 Å². The van der Waals surface area contributed by atoms with Gasteiger partial charge in [0.1, 0.15) is 19.5 Å². The lowest BCUT2D eigenvalue weighted by Crippen LogP contribution is -2.30. The minimum Gasteiger partial charge on any atom is -0.432 e. The van der Waals surface area contributed by atoms with Crippen molar-refractivity contribution in [2.75, 3.05) is 7.11 Å². The number of hydrogen-bond acceptors (Lipinski definition) is 6. The van der Waals surface area contributed by atoms with Crippen molar-refractivity contribution >= 4 is 23.5 Å². The molecule has 0 radical (unpaired) electrons. The first-order chi connectivity index (χ1) is 17.0. The maximum atomic E-state index is 14.3. The second-order valence-corrected chi connectivity index (χ2v) is 7.40. The topological polar surface area (TPSA) is 81.5 Å². The number of hydrogen-bond donors (Lipinski definition) is 1. The molecule has 0 heterocycles. The predicted octanol–water partition coefficient (Wildman–Crippen LogP) is 5.42. The molecule has 0 saturated carbocycles. The first kappa shape index (κ1) is 25.2. The Hall–Kier alpha value is -4.46. The third-order valence-electron chi connectivity index (χ3n) is 4.72. The highest BCUT2D eigenvalue weighted by atomic mass is 19.1. The first-order valence-corrected chi connectivity index (χ1v) is 10.8. The van der Waals surface area contributed by atoms with Gasteiger partial charge in [0.15, 0.2) is 5.84 Å². The lowest BCUT2D eigenvalue weighted by Gasteiger charge is -2.11. The molecule has 0 aromatic heterocycles. The normalized spacial score (nSPS) is 12.2. The van der Waals surface area contributed by atoms with Crippen molar-refractivity contribution < 1.29 is 23.6 Å². The molecule has 0 saturated heterocycles. The molecule has 3 aromatic rings. The van der Waals surface area contributed by atoms with Crippen LogP contribution in [-0.2, 0) is 21.1 Å². The lowest BCUT2D eigenvalue weighted by atomic mass is 10.1. The van der Waals surface area contributed by atoms with E-state index >= 15 is 0 Å². The van der Waals surface area contributed by atoms with Crippen molar-refractivity contribution in [2.45, 2.75) is 20.5 Å². The fraction of sp³-hybridized carbons (Fsp3) is 0.148. The summed E-state index contributed by atoms with van der Waals surface area (Å²) in [5, 5.41) is 10.7. The van der Waals surface area contributed by atoms with Gasteiger partial charge in [-0.3, -0.25) is 4.79 Å². The van der Waals surface area contributed by atoms with Crippen LogP contribution in [0.2, 0.25) is 0 Å². The molecule has 1 N–H and O–H groups in total. The van der Waals surface area contributed by atoms with Crippen molar-refractivity contribution in [2.24, 2.45) is 10.3 Å². The summed E-state index contributed by atoms with van der Waals surface area (Å²) in [6, 6.07) is 22.5. The number of nitrogens with zero attached hydrogens (tertiary/aromatic N) is 2. The minimum absolute atomic E-state index is 0.125. The molecule has 3 rings (SSSR count). The third-order valence-corrected chi connectivity index (χ3v) is 4.72. The van der Waals surface area contributed by atoms with E-state index in [9.17, 15) is 9.18 Å². The zero-order valence-electron chi connectivity index (χ0n) is 19.7. The van der Waals surface area contributed by atoms with Gasteiger partial charge in [-0.25, -0.2) is 0 Å². The van der Waals surface area contributed by atoms with Crippen LogP contribution in [-0.4, -0.2) is 24.6 Å². The van der Waals surface area contributed by atoms with Gasteiger partial charge in [-0.2, -0.15) is 4.39 Å². The summed E-state index contributed by atoms with van der Waals surface area (Å²) in [6.45, 7) is 3.29. The summed E-state index contributed by atoms with van der Waals surface area (Å²) < 4.78 is 19.6. The number of amidine groups is 1. The van der Waals surface area contributed by atoms with E-state index in [4.69, 9.17) is 14.4 Å². The Morgan fingerprint density at radius 3 is 2.46 bits per heavy atom. The average molecular weight is 476 g/mol. The number of benzene rings is 3. The standard InChI is InChI=1S/C27H26FN3O4/c1-19(22-13-9-14-24(17-22)35-26(28)16-21-10-5-4-6-11-21)30-34-18-23-12-7-8-15-25(23)27(31-33-3)29-20(2)32/h4-17H,18H2,1-3H3,(H,29,31,32)/b26-16-,30-19+. The molecule has 7 nitrogen and oxygen atoms in total. The summed E-state index contributed by atoms with van der Waals surface area (Å²) in [7, 11) is 1.40. The fourth-order valence-corrected chi connectivity index (χ4v) is 3.13. The van der Waals surface area contributed by atoms with Crippen LogP contribution in [0.1, 0.15) is 36.1 Å². The van der Waals surface area contributed by atoms with Gasteiger partial charge in [-0.05, 0) is 24.6 Å². The number of carbonyl (C=O) groups excluding carboxylic acids is 1. The molecule has 0 unspecified atom stereocenters. The van der Waals surface area contributed by atoms with Gasteiger partial charge in [-0.15, -0.1) is 0 Å². The van der Waals surface area contributed by atoms with Crippen LogP contribution in [0.25, 0.3) is 6.08 Å². The molecule has 0 aliphatic rings. The number of carbonyl (C=O) groups is 1. The van der Waals surface area contributed by atoms with Crippen LogP contribution in [0.15, 0.2) is 95.2 Å². The zero-order chi connectivity index (χ0) is 25.0. The van der Waals surface area contributed by atoms with E-state index in [1.54, 1.807) is 43.3 Å². The number of oxime groups is 2. The SMILES string of the molecule is CO/N=C(/NC(C)=O)c1ccccc1CO/N=C(\C)c1cccc(O/C(F)=C\c2ccccc2)c1. The molecule has 3 aromatic carbocycles. The van der Waals surface area contributed by atoms with Gasteiger partial charge >= 0.3 is 0 Å². The average Bonchev–Trinajstić information content (AvgIpc) is 2.84. The van der Waals surface area contributed by atoms with Crippen molar-refractivity contribution in [3.05, 3.63) is 107 Å². The number of rotatable bonds is 9. The second kappa shape index (κ2) is 12.7. The molecule has 1 amide bonds. The summed E-state index contributed by atoms with van der Waals surface area (Å²) in [5.41, 5.74) is 3.38. The molecule has 8 heteroatoms. The number of nitrogens with one attached hydrogen (secondary N) is 1. The maximum absolute atomic E-state index is 14.3. The first-order valence-electron chi connectivity index (χ1n) is 10.8. The van der Waals surface area contributed by atoms with Crippen LogP contribution in [0, 0.1) is 0 Å². The van der Waals surface area contributed by atoms with E-state index in [1.807, 2.05) is 42.5 Å². The Bertz CT molecular complexity index is 1240. The lowest BCUT2D eigenvalue weighted by molar-refractivity contribution is -0.117. The molecular formula is C27H26FN3O4. The molecule has 0 bridgehead atoms. The number of ether oxygens (including phenoxy) is 1. The predicted molar refractivity (Wildman–Crippen MR) is 133 cm³/mol. The Morgan fingerprint density at radius 1 is 0.971 bits per heavy atom. The highest BCUT2D eigenvalue weighted by Gasteiger charge is 2.12. The largest absolute Gasteiger partial charge is 0.432 e. The molecule has 0 atom stereocenters. The van der Waals surface area contributed by atoms with Crippen molar-refractivity contribution in [1.82, 2.24) is 5.32 Å². The monoisotopic (exact) mass is 475 g/mol. The molecule has 0 aliphatic heterocycles. The summed E-state index contributed by atoms with van der Waals surface area (Å²) in [6.07, 6.45) is 1.32. The van der Waals surface area contributed by atoms with E-state index in [1.165, 1.54) is 20.1 Å². The zero-order valence-corrected chi connectivity index (χ0v) is 19.7. The second-order valence-electron chi connectivity index (χ2n) is 7.40. The van der Waals surface area contributed by atoms with Crippen LogP contribution < -0.4 is 10.1 Å². The van der Waals surface area contributed by atoms with Crippen LogP contribution in [0.4, 0.5) is 4.39 Å². The van der Waals surface area contributed by atoms with Gasteiger partial charge in [0.2, 0.25) is 5.91 Å². The minimum atomic E-state index is -0.719. The third kappa shape index (κ3) is 7.82. The van der Waals surface area contributed by atoms with Gasteiger partial charge < -0.3 is 19.7 Å². The highest BCUT2D eigenvalue weighted by Crippen LogP contribution is 2.19. The summed E-state index contributed by atoms with van der Waals surface area (Å²) in [4.78, 5) is 21.9. The van der Waals surface area contributed by atoms with Crippen molar-refractivity contribution in [3.63, 3.8) is 0 Å². The van der Waals surface area contributed by atoms with E-state index in [-0.39, 0.29) is 18.3 Å². The number of halogens is 1. The Balaban J connectivity index is 1.69. The van der Waals surface area contributed by atoms with Gasteiger partial charge in [0.05, 0.1) is 5.71 Å². The van der Waals surface area contributed by atoms with Gasteiger partial charge in [0.25, 0.3) is 6.01 Å². The van der Waals surface area contributed by atoms with Crippen LogP contribution >= 0.6 is 0 Å². The quantitative estimate of drug-likeness (QED) is 0.194. The van der Waals surface area contributed by atoms with Crippen LogP contribution in [0.5, 0.6) is 5.75 Å². The summed E-state index contributed by atoms with van der Waals surface area (Å²) in [5.74, 6) is 0.334. The van der Waals surface area contributed by atoms with E-state index in [0.29, 0.717) is 28.2 Å². The van der Waals surface area contributed by atoms with E-state index in [2.05, 4.69) is 15.6 Å². The van der Waals surface area contributed by atoms with Crippen molar-refractivity contribution in [3.8, 4) is 5.75 Å². The Morgan fingerprint density at radius 2 is 1.71 bits per heavy atom. The van der Waals surface area contributed by atoms with Gasteiger partial charge in [0, 0.05) is 29.7 Å². The Kier molecular flexibility index (Phi) is 9.13. The summed E-state index contributed by atoms with van der Waals surface area (Å²) >= 11 is 0. The molecule has 0 fully saturated rings. The highest BCUT2D eigenvalue weighted by molar-refractivity contribution is 6.08. The smallest absolute Gasteiger partial charge is 0.278 e. The van der Waals surface area contributed by atoms with Gasteiger partial charge in [-0.1, -0.05) is 77.0 Å². The van der Waals surface area contributed by atoms with E-state index in [0.717, 1.165) is 5.56 Å². The molecule has 0 aliphatic carbocycles. The fourth-order valence-electron chi connectivity index (χ4n) is 3.13. The molecule has 35 heavy (non-hydrogen) atoms. The molecule has 180 valence electrons. The molecular weight excluding hydrogens is 449 g/mol.